The lowest BCUT2D eigenvalue weighted by molar-refractivity contribution is -0.0349. The molecule has 1 heterocycles. The minimum Gasteiger partial charge on any atom is -0.377 e. The molecule has 2 rings (SSSR count). The Kier molecular flexibility index (Phi) is 5.24. The molecule has 4 heteroatoms. The summed E-state index contributed by atoms with van der Waals surface area (Å²) in [7, 11) is 1.87. The molecule has 1 aliphatic carbocycles. The Hall–Kier alpha value is 0.1000. The van der Waals surface area contributed by atoms with Crippen molar-refractivity contribution in [2.75, 3.05) is 13.7 Å². The Morgan fingerprint density at radius 3 is 2.72 bits per heavy atom. The molecule has 1 aromatic heterocycles. The van der Waals surface area contributed by atoms with Crippen LogP contribution in [0.4, 0.5) is 0 Å². The van der Waals surface area contributed by atoms with E-state index >= 15 is 0 Å². The lowest BCUT2D eigenvalue weighted by Crippen LogP contribution is -2.51. The van der Waals surface area contributed by atoms with E-state index in [9.17, 15) is 0 Å². The van der Waals surface area contributed by atoms with E-state index in [1.165, 1.54) is 35.0 Å². The molecule has 0 bridgehead atoms. The summed E-state index contributed by atoms with van der Waals surface area (Å²) in [5, 5.41) is 5.80. The Morgan fingerprint density at radius 2 is 2.22 bits per heavy atom. The van der Waals surface area contributed by atoms with E-state index in [-0.39, 0.29) is 5.60 Å². The van der Waals surface area contributed by atoms with Gasteiger partial charge in [-0.25, -0.2) is 0 Å². The lowest BCUT2D eigenvalue weighted by atomic mass is 9.89. The minimum absolute atomic E-state index is 0.0481. The van der Waals surface area contributed by atoms with Gasteiger partial charge in [-0.3, -0.25) is 0 Å². The summed E-state index contributed by atoms with van der Waals surface area (Å²) in [6.45, 7) is 3.18. The SMILES string of the molecule is CCNC(Cc1cc(Br)cs1)C1(OC)CCCC1. The van der Waals surface area contributed by atoms with Gasteiger partial charge in [0.25, 0.3) is 0 Å². The largest absolute Gasteiger partial charge is 0.377 e. The molecule has 0 spiro atoms. The van der Waals surface area contributed by atoms with Crippen molar-refractivity contribution in [2.45, 2.75) is 50.7 Å². The van der Waals surface area contributed by atoms with E-state index in [0.717, 1.165) is 13.0 Å². The third-order valence-corrected chi connectivity index (χ3v) is 5.69. The topological polar surface area (TPSA) is 21.3 Å². The fourth-order valence-corrected chi connectivity index (χ4v) is 4.52. The number of methoxy groups -OCH3 is 1. The number of hydrogen-bond acceptors (Lipinski definition) is 3. The molecule has 1 aliphatic rings. The zero-order chi connectivity index (χ0) is 13.0. The predicted octanol–water partition coefficient (Wildman–Crippen LogP) is 3.99. The van der Waals surface area contributed by atoms with Gasteiger partial charge in [0.05, 0.1) is 5.60 Å². The van der Waals surface area contributed by atoms with Gasteiger partial charge in [-0.2, -0.15) is 0 Å². The van der Waals surface area contributed by atoms with Crippen LogP contribution >= 0.6 is 27.3 Å². The fourth-order valence-electron chi connectivity index (χ4n) is 3.02. The molecule has 18 heavy (non-hydrogen) atoms. The molecule has 0 aromatic carbocycles. The quantitative estimate of drug-likeness (QED) is 0.850. The summed E-state index contributed by atoms with van der Waals surface area (Å²) in [4.78, 5) is 1.43. The first-order valence-electron chi connectivity index (χ1n) is 6.71. The zero-order valence-corrected chi connectivity index (χ0v) is 13.6. The smallest absolute Gasteiger partial charge is 0.0834 e. The normalized spacial score (nSPS) is 20.2. The van der Waals surface area contributed by atoms with Crippen LogP contribution < -0.4 is 5.32 Å². The summed E-state index contributed by atoms with van der Waals surface area (Å²) in [5.74, 6) is 0. The molecule has 0 amide bonds. The zero-order valence-electron chi connectivity index (χ0n) is 11.2. The average Bonchev–Trinajstić information content (AvgIpc) is 2.98. The highest BCUT2D eigenvalue weighted by atomic mass is 79.9. The summed E-state index contributed by atoms with van der Waals surface area (Å²) >= 11 is 5.36. The standard InChI is InChI=1S/C14H22BrNOS/c1-3-16-13(9-12-8-11(15)10-18-12)14(17-2)6-4-5-7-14/h8,10,13,16H,3-7,9H2,1-2H3. The molecule has 1 aromatic rings. The van der Waals surface area contributed by atoms with E-state index in [1.54, 1.807) is 0 Å². The molecule has 0 aliphatic heterocycles. The molecule has 0 radical (unpaired) electrons. The molecule has 102 valence electrons. The van der Waals surface area contributed by atoms with Crippen LogP contribution in [-0.4, -0.2) is 25.3 Å². The van der Waals surface area contributed by atoms with Gasteiger partial charge in [0.1, 0.15) is 0 Å². The number of rotatable bonds is 6. The van der Waals surface area contributed by atoms with Gasteiger partial charge in [0.2, 0.25) is 0 Å². The Bertz CT molecular complexity index is 374. The van der Waals surface area contributed by atoms with Gasteiger partial charge in [-0.05, 0) is 47.8 Å². The number of thiophene rings is 1. The number of nitrogens with one attached hydrogen (secondary N) is 1. The maximum atomic E-state index is 5.92. The first-order chi connectivity index (χ1) is 8.70. The van der Waals surface area contributed by atoms with Crippen molar-refractivity contribution in [3.63, 3.8) is 0 Å². The minimum atomic E-state index is 0.0481. The van der Waals surface area contributed by atoms with Crippen LogP contribution in [0, 0.1) is 0 Å². The van der Waals surface area contributed by atoms with Crippen LogP contribution in [0.1, 0.15) is 37.5 Å². The third-order valence-electron chi connectivity index (χ3n) is 3.97. The van der Waals surface area contributed by atoms with Crippen LogP contribution in [0.25, 0.3) is 0 Å². The van der Waals surface area contributed by atoms with E-state index in [2.05, 4.69) is 39.6 Å². The number of ether oxygens (including phenoxy) is 1. The van der Waals surface area contributed by atoms with E-state index < -0.39 is 0 Å². The molecule has 1 unspecified atom stereocenters. The summed E-state index contributed by atoms with van der Waals surface area (Å²) in [5.41, 5.74) is 0.0481. The summed E-state index contributed by atoms with van der Waals surface area (Å²) < 4.78 is 7.11. The molecular formula is C14H22BrNOS. The highest BCUT2D eigenvalue weighted by molar-refractivity contribution is 9.10. The average molecular weight is 332 g/mol. The molecule has 2 nitrogen and oxygen atoms in total. The van der Waals surface area contributed by atoms with Crippen LogP contribution in [0.2, 0.25) is 0 Å². The van der Waals surface area contributed by atoms with Crippen LogP contribution in [0.5, 0.6) is 0 Å². The van der Waals surface area contributed by atoms with E-state index in [1.807, 2.05) is 18.4 Å². The third kappa shape index (κ3) is 3.16. The van der Waals surface area contributed by atoms with Gasteiger partial charge in [0, 0.05) is 27.9 Å². The van der Waals surface area contributed by atoms with Crippen molar-refractivity contribution < 1.29 is 4.74 Å². The molecule has 1 atom stereocenters. The Morgan fingerprint density at radius 1 is 1.50 bits per heavy atom. The van der Waals surface area contributed by atoms with Gasteiger partial charge in [0.15, 0.2) is 0 Å². The summed E-state index contributed by atoms with van der Waals surface area (Å²) in [6, 6.07) is 2.66. The molecule has 1 saturated carbocycles. The van der Waals surface area contributed by atoms with Crippen LogP contribution in [0.15, 0.2) is 15.9 Å². The highest BCUT2D eigenvalue weighted by Gasteiger charge is 2.41. The van der Waals surface area contributed by atoms with Crippen molar-refractivity contribution in [2.24, 2.45) is 0 Å². The molecule has 1 N–H and O–H groups in total. The van der Waals surface area contributed by atoms with Crippen LogP contribution in [-0.2, 0) is 11.2 Å². The maximum Gasteiger partial charge on any atom is 0.0834 e. The monoisotopic (exact) mass is 331 g/mol. The highest BCUT2D eigenvalue weighted by Crippen LogP contribution is 2.37. The molecule has 1 fully saturated rings. The van der Waals surface area contributed by atoms with E-state index in [4.69, 9.17) is 4.74 Å². The first-order valence-corrected chi connectivity index (χ1v) is 8.39. The van der Waals surface area contributed by atoms with Crippen molar-refractivity contribution in [1.82, 2.24) is 5.32 Å². The van der Waals surface area contributed by atoms with Gasteiger partial charge in [-0.15, -0.1) is 11.3 Å². The Balaban J connectivity index is 2.11. The van der Waals surface area contributed by atoms with Gasteiger partial charge >= 0.3 is 0 Å². The molecular weight excluding hydrogens is 310 g/mol. The second-order valence-electron chi connectivity index (χ2n) is 5.02. The predicted molar refractivity (Wildman–Crippen MR) is 81.4 cm³/mol. The van der Waals surface area contributed by atoms with Crippen molar-refractivity contribution in [1.29, 1.82) is 0 Å². The van der Waals surface area contributed by atoms with E-state index in [0.29, 0.717) is 6.04 Å². The first kappa shape index (κ1) is 14.5. The number of halogens is 1. The van der Waals surface area contributed by atoms with Gasteiger partial charge < -0.3 is 10.1 Å². The maximum absolute atomic E-state index is 5.92. The number of likely N-dealkylation sites (N-methyl/N-ethyl adjacent to an activating group) is 1. The second-order valence-corrected chi connectivity index (χ2v) is 6.93. The lowest BCUT2D eigenvalue weighted by Gasteiger charge is -2.37. The Labute approximate surface area is 122 Å². The van der Waals surface area contributed by atoms with Crippen molar-refractivity contribution in [3.05, 3.63) is 20.8 Å². The number of hydrogen-bond donors (Lipinski definition) is 1. The van der Waals surface area contributed by atoms with Crippen molar-refractivity contribution >= 4 is 27.3 Å². The second kappa shape index (κ2) is 6.51. The molecule has 0 saturated heterocycles. The fraction of sp³-hybridized carbons (Fsp3) is 0.714. The van der Waals surface area contributed by atoms with Crippen LogP contribution in [0.3, 0.4) is 0 Å². The van der Waals surface area contributed by atoms with Gasteiger partial charge in [-0.1, -0.05) is 19.8 Å². The van der Waals surface area contributed by atoms with Crippen molar-refractivity contribution in [3.8, 4) is 0 Å². The summed E-state index contributed by atoms with van der Waals surface area (Å²) in [6.07, 6.45) is 6.03.